The standard InChI is InChI=1S/C35H47N3O7/c1-8-23-16-12-17-25(20-23)29(30(40)36-27(32(42)44-34(2,3)4)21-24-14-10-9-11-15-24)38(26-18-13-19-26)31(41)28(22-39)37-33(43)45-35(5,6)7/h8-12,14-17,20,26-29,39H,1,13,18-19,21-22H2,2-7H3,(H,36,40)(H,37,43). The lowest BCUT2D eigenvalue weighted by atomic mass is 9.87. The number of rotatable bonds is 12. The zero-order chi connectivity index (χ0) is 33.4. The summed E-state index contributed by atoms with van der Waals surface area (Å²) in [7, 11) is 0. The predicted octanol–water partition coefficient (Wildman–Crippen LogP) is 4.71. The fourth-order valence-corrected chi connectivity index (χ4v) is 4.96. The first kappa shape index (κ1) is 35.3. The van der Waals surface area contributed by atoms with E-state index < -0.39 is 59.8 Å². The maximum absolute atomic E-state index is 14.4. The van der Waals surface area contributed by atoms with Crippen molar-refractivity contribution >= 4 is 30.0 Å². The van der Waals surface area contributed by atoms with Crippen molar-refractivity contribution in [3.8, 4) is 0 Å². The Bertz CT molecular complexity index is 1340. The van der Waals surface area contributed by atoms with Crippen LogP contribution < -0.4 is 10.6 Å². The Morgan fingerprint density at radius 1 is 0.933 bits per heavy atom. The third-order valence-electron chi connectivity index (χ3n) is 7.17. The first-order chi connectivity index (χ1) is 21.1. The second-order valence-corrected chi connectivity index (χ2v) is 13.3. The van der Waals surface area contributed by atoms with E-state index in [2.05, 4.69) is 17.2 Å². The van der Waals surface area contributed by atoms with Gasteiger partial charge < -0.3 is 30.1 Å². The molecule has 0 aliphatic heterocycles. The largest absolute Gasteiger partial charge is 0.458 e. The fraction of sp³-hybridized carbons (Fsp3) is 0.486. The molecule has 1 fully saturated rings. The van der Waals surface area contributed by atoms with Crippen molar-refractivity contribution in [1.29, 1.82) is 0 Å². The summed E-state index contributed by atoms with van der Waals surface area (Å²) in [4.78, 5) is 56.1. The normalized spacial score (nSPS) is 15.4. The van der Waals surface area contributed by atoms with Crippen LogP contribution in [0.25, 0.3) is 6.08 Å². The Kier molecular flexibility index (Phi) is 11.9. The van der Waals surface area contributed by atoms with Gasteiger partial charge in [0.1, 0.15) is 29.3 Å². The first-order valence-electron chi connectivity index (χ1n) is 15.3. The van der Waals surface area contributed by atoms with Crippen LogP contribution in [-0.2, 0) is 30.3 Å². The van der Waals surface area contributed by atoms with Gasteiger partial charge in [0.25, 0.3) is 0 Å². The summed E-state index contributed by atoms with van der Waals surface area (Å²) in [6.07, 6.45) is 3.02. The molecule has 2 aromatic rings. The van der Waals surface area contributed by atoms with E-state index in [1.165, 1.54) is 4.90 Å². The molecule has 244 valence electrons. The van der Waals surface area contributed by atoms with E-state index in [-0.39, 0.29) is 12.5 Å². The van der Waals surface area contributed by atoms with Crippen molar-refractivity contribution in [1.82, 2.24) is 15.5 Å². The maximum Gasteiger partial charge on any atom is 0.408 e. The average molecular weight is 622 g/mol. The topological polar surface area (TPSA) is 134 Å². The molecule has 3 amide bonds. The second-order valence-electron chi connectivity index (χ2n) is 13.3. The number of alkyl carbamates (subject to hydrolysis) is 1. The molecule has 0 bridgehead atoms. The van der Waals surface area contributed by atoms with Crippen molar-refractivity contribution < 1.29 is 33.8 Å². The lowest BCUT2D eigenvalue weighted by Crippen LogP contribution is -2.59. The molecule has 0 heterocycles. The summed E-state index contributed by atoms with van der Waals surface area (Å²) >= 11 is 0. The molecule has 1 saturated carbocycles. The van der Waals surface area contributed by atoms with Crippen LogP contribution in [0.2, 0.25) is 0 Å². The van der Waals surface area contributed by atoms with Gasteiger partial charge in [-0.05, 0) is 83.6 Å². The van der Waals surface area contributed by atoms with Gasteiger partial charge in [-0.15, -0.1) is 0 Å². The van der Waals surface area contributed by atoms with E-state index in [1.807, 2.05) is 36.4 Å². The summed E-state index contributed by atoms with van der Waals surface area (Å²) in [5, 5.41) is 15.6. The van der Waals surface area contributed by atoms with Gasteiger partial charge in [-0.2, -0.15) is 0 Å². The van der Waals surface area contributed by atoms with E-state index in [4.69, 9.17) is 9.47 Å². The van der Waals surface area contributed by atoms with E-state index in [0.29, 0.717) is 18.4 Å². The van der Waals surface area contributed by atoms with Crippen LogP contribution in [-0.4, -0.2) is 69.8 Å². The maximum atomic E-state index is 14.4. The molecule has 10 nitrogen and oxygen atoms in total. The first-order valence-corrected chi connectivity index (χ1v) is 15.3. The van der Waals surface area contributed by atoms with E-state index in [1.54, 1.807) is 65.8 Å². The Hall–Kier alpha value is -4.18. The zero-order valence-electron chi connectivity index (χ0n) is 27.2. The van der Waals surface area contributed by atoms with Gasteiger partial charge in [-0.1, -0.05) is 61.2 Å². The summed E-state index contributed by atoms with van der Waals surface area (Å²) in [5.74, 6) is -1.86. The van der Waals surface area contributed by atoms with Gasteiger partial charge in [0.2, 0.25) is 11.8 Å². The number of hydrogen-bond donors (Lipinski definition) is 3. The van der Waals surface area contributed by atoms with Crippen LogP contribution in [0.5, 0.6) is 0 Å². The minimum Gasteiger partial charge on any atom is -0.458 e. The molecule has 3 atom stereocenters. The van der Waals surface area contributed by atoms with Gasteiger partial charge in [-0.3, -0.25) is 9.59 Å². The highest BCUT2D eigenvalue weighted by atomic mass is 16.6. The number of ether oxygens (including phenoxy) is 2. The monoisotopic (exact) mass is 621 g/mol. The highest BCUT2D eigenvalue weighted by Gasteiger charge is 2.43. The van der Waals surface area contributed by atoms with E-state index in [0.717, 1.165) is 17.5 Å². The Morgan fingerprint density at radius 3 is 2.11 bits per heavy atom. The van der Waals surface area contributed by atoms with Crippen molar-refractivity contribution in [2.75, 3.05) is 6.61 Å². The van der Waals surface area contributed by atoms with Crippen molar-refractivity contribution in [3.63, 3.8) is 0 Å². The number of hydrogen-bond acceptors (Lipinski definition) is 7. The molecule has 0 aromatic heterocycles. The minimum absolute atomic E-state index is 0.164. The van der Waals surface area contributed by atoms with Crippen LogP contribution >= 0.6 is 0 Å². The molecule has 1 aliphatic carbocycles. The molecular formula is C35H47N3O7. The minimum atomic E-state index is -1.37. The Morgan fingerprint density at radius 2 is 1.58 bits per heavy atom. The molecule has 2 aromatic carbocycles. The third-order valence-corrected chi connectivity index (χ3v) is 7.17. The second kappa shape index (κ2) is 15.2. The highest BCUT2D eigenvalue weighted by Crippen LogP contribution is 2.34. The molecule has 45 heavy (non-hydrogen) atoms. The number of aliphatic hydroxyl groups is 1. The summed E-state index contributed by atoms with van der Waals surface area (Å²) < 4.78 is 11.0. The van der Waals surface area contributed by atoms with E-state index in [9.17, 15) is 24.3 Å². The molecule has 0 saturated heterocycles. The number of carbonyl (C=O) groups excluding carboxylic acids is 4. The number of benzene rings is 2. The van der Waals surface area contributed by atoms with Crippen LogP contribution in [0.1, 0.15) is 83.5 Å². The molecule has 0 radical (unpaired) electrons. The van der Waals surface area contributed by atoms with Gasteiger partial charge in [0.05, 0.1) is 6.61 Å². The average Bonchev–Trinajstić information content (AvgIpc) is 2.92. The molecule has 3 rings (SSSR count). The van der Waals surface area contributed by atoms with Gasteiger partial charge in [-0.25, -0.2) is 9.59 Å². The van der Waals surface area contributed by atoms with Crippen molar-refractivity contribution in [2.24, 2.45) is 0 Å². The van der Waals surface area contributed by atoms with Crippen LogP contribution in [0.4, 0.5) is 4.79 Å². The van der Waals surface area contributed by atoms with Gasteiger partial charge in [0, 0.05) is 12.5 Å². The quantitative estimate of drug-likeness (QED) is 0.292. The van der Waals surface area contributed by atoms with Crippen molar-refractivity contribution in [2.45, 2.75) is 103 Å². The summed E-state index contributed by atoms with van der Waals surface area (Å²) in [6.45, 7) is 13.4. The van der Waals surface area contributed by atoms with E-state index >= 15 is 0 Å². The SMILES string of the molecule is C=Cc1cccc(C(C(=O)NC(Cc2ccccc2)C(=O)OC(C)(C)C)N(C(=O)C(CO)NC(=O)OC(C)(C)C)C2CCC2)c1. The Balaban J connectivity index is 2.05. The number of carbonyl (C=O) groups is 4. The predicted molar refractivity (Wildman–Crippen MR) is 172 cm³/mol. The number of amides is 3. The summed E-state index contributed by atoms with van der Waals surface area (Å²) in [5.41, 5.74) is 0.396. The zero-order valence-corrected chi connectivity index (χ0v) is 27.2. The highest BCUT2D eigenvalue weighted by molar-refractivity contribution is 5.94. The number of nitrogens with one attached hydrogen (secondary N) is 2. The molecule has 3 unspecified atom stereocenters. The molecule has 0 spiro atoms. The lowest BCUT2D eigenvalue weighted by molar-refractivity contribution is -0.159. The van der Waals surface area contributed by atoms with Gasteiger partial charge in [0.15, 0.2) is 0 Å². The van der Waals surface area contributed by atoms with Crippen molar-refractivity contribution in [3.05, 3.63) is 77.9 Å². The molecule has 1 aliphatic rings. The van der Waals surface area contributed by atoms with Crippen LogP contribution in [0.15, 0.2) is 61.2 Å². The molecule has 10 heteroatoms. The number of esters is 1. The molecule has 3 N–H and O–H groups in total. The fourth-order valence-electron chi connectivity index (χ4n) is 4.96. The number of nitrogens with zero attached hydrogens (tertiary/aromatic N) is 1. The van der Waals surface area contributed by atoms with Crippen LogP contribution in [0, 0.1) is 0 Å². The smallest absolute Gasteiger partial charge is 0.408 e. The number of aliphatic hydroxyl groups excluding tert-OH is 1. The third kappa shape index (κ3) is 10.5. The van der Waals surface area contributed by atoms with Gasteiger partial charge >= 0.3 is 12.1 Å². The Labute approximate surface area is 266 Å². The molecular weight excluding hydrogens is 574 g/mol. The summed E-state index contributed by atoms with van der Waals surface area (Å²) in [6, 6.07) is 12.3. The lowest BCUT2D eigenvalue weighted by Gasteiger charge is -2.43. The van der Waals surface area contributed by atoms with Crippen LogP contribution in [0.3, 0.4) is 0 Å².